The molecular formula is C14H20N2O3. The first-order chi connectivity index (χ1) is 9.13. The molecule has 0 aliphatic carbocycles. The maximum absolute atomic E-state index is 11.8. The second kappa shape index (κ2) is 8.26. The molecule has 0 heterocycles. The Morgan fingerprint density at radius 2 is 1.84 bits per heavy atom. The molecule has 1 amide bonds. The van der Waals surface area contributed by atoms with Gasteiger partial charge in [0, 0.05) is 18.5 Å². The van der Waals surface area contributed by atoms with E-state index in [1.165, 1.54) is 0 Å². The first-order valence-corrected chi connectivity index (χ1v) is 6.42. The average Bonchev–Trinajstić information content (AvgIpc) is 2.39. The highest BCUT2D eigenvalue weighted by Gasteiger charge is 2.04. The van der Waals surface area contributed by atoms with Crippen LogP contribution in [-0.2, 0) is 11.2 Å². The van der Waals surface area contributed by atoms with Crippen molar-refractivity contribution >= 4 is 11.9 Å². The monoisotopic (exact) mass is 264 g/mol. The zero-order chi connectivity index (χ0) is 14.1. The summed E-state index contributed by atoms with van der Waals surface area (Å²) in [7, 11) is 0. The van der Waals surface area contributed by atoms with Crippen molar-refractivity contribution in [2.24, 2.45) is 5.73 Å². The van der Waals surface area contributed by atoms with Gasteiger partial charge in [0.15, 0.2) is 0 Å². The predicted molar refractivity (Wildman–Crippen MR) is 73.0 cm³/mol. The summed E-state index contributed by atoms with van der Waals surface area (Å²) >= 11 is 0. The SMILES string of the molecule is NCCc1ccc(C(=O)NCCCCC(=O)O)cc1. The molecule has 0 bridgehead atoms. The van der Waals surface area contributed by atoms with Gasteiger partial charge in [-0.05, 0) is 43.5 Å². The largest absolute Gasteiger partial charge is 0.481 e. The van der Waals surface area contributed by atoms with Crippen LogP contribution in [0.3, 0.4) is 0 Å². The van der Waals surface area contributed by atoms with Gasteiger partial charge < -0.3 is 16.2 Å². The normalized spacial score (nSPS) is 10.2. The molecule has 19 heavy (non-hydrogen) atoms. The zero-order valence-corrected chi connectivity index (χ0v) is 10.9. The molecule has 0 aromatic heterocycles. The van der Waals surface area contributed by atoms with Gasteiger partial charge in [0.25, 0.3) is 5.91 Å². The van der Waals surface area contributed by atoms with Crippen LogP contribution in [0, 0.1) is 0 Å². The molecule has 5 heteroatoms. The Kier molecular flexibility index (Phi) is 6.60. The van der Waals surface area contributed by atoms with Gasteiger partial charge in [-0.1, -0.05) is 12.1 Å². The van der Waals surface area contributed by atoms with Gasteiger partial charge in [-0.3, -0.25) is 9.59 Å². The summed E-state index contributed by atoms with van der Waals surface area (Å²) < 4.78 is 0. The van der Waals surface area contributed by atoms with Gasteiger partial charge in [0.2, 0.25) is 0 Å². The number of rotatable bonds is 8. The first kappa shape index (κ1) is 15.2. The number of unbranched alkanes of at least 4 members (excludes halogenated alkanes) is 1. The van der Waals surface area contributed by atoms with E-state index in [0.717, 1.165) is 12.0 Å². The fraction of sp³-hybridized carbons (Fsp3) is 0.429. The molecule has 0 fully saturated rings. The smallest absolute Gasteiger partial charge is 0.303 e. The lowest BCUT2D eigenvalue weighted by atomic mass is 10.1. The Labute approximate surface area is 112 Å². The molecule has 0 aliphatic heterocycles. The number of carboxylic acids is 1. The molecule has 104 valence electrons. The molecule has 4 N–H and O–H groups in total. The van der Waals surface area contributed by atoms with E-state index >= 15 is 0 Å². The van der Waals surface area contributed by atoms with Crippen LogP contribution >= 0.6 is 0 Å². The van der Waals surface area contributed by atoms with Crippen LogP contribution in [0.1, 0.15) is 35.2 Å². The molecule has 1 aromatic rings. The highest BCUT2D eigenvalue weighted by molar-refractivity contribution is 5.94. The Bertz CT molecular complexity index is 415. The molecule has 0 aliphatic rings. The van der Waals surface area contributed by atoms with Crippen LogP contribution in [0.5, 0.6) is 0 Å². The van der Waals surface area contributed by atoms with E-state index in [1.54, 1.807) is 12.1 Å². The van der Waals surface area contributed by atoms with Gasteiger partial charge in [-0.15, -0.1) is 0 Å². The number of carboxylic acid groups (broad SMARTS) is 1. The summed E-state index contributed by atoms with van der Waals surface area (Å²) in [6.07, 6.45) is 2.19. The summed E-state index contributed by atoms with van der Waals surface area (Å²) in [5.74, 6) is -0.934. The van der Waals surface area contributed by atoms with Crippen molar-refractivity contribution in [3.8, 4) is 0 Å². The molecule has 0 saturated heterocycles. The maximum atomic E-state index is 11.8. The molecule has 1 aromatic carbocycles. The summed E-state index contributed by atoms with van der Waals surface area (Å²) in [5.41, 5.74) is 7.17. The topological polar surface area (TPSA) is 92.4 Å². The highest BCUT2D eigenvalue weighted by Crippen LogP contribution is 2.05. The first-order valence-electron chi connectivity index (χ1n) is 6.42. The Morgan fingerprint density at radius 3 is 2.42 bits per heavy atom. The van der Waals surface area contributed by atoms with Gasteiger partial charge in [0.05, 0.1) is 0 Å². The number of nitrogens with one attached hydrogen (secondary N) is 1. The highest BCUT2D eigenvalue weighted by atomic mass is 16.4. The molecule has 0 atom stereocenters. The number of carbonyl (C=O) groups is 2. The number of carbonyl (C=O) groups excluding carboxylic acids is 1. The number of nitrogens with two attached hydrogens (primary N) is 1. The minimum atomic E-state index is -0.804. The van der Waals surface area contributed by atoms with E-state index in [0.29, 0.717) is 31.5 Å². The summed E-state index contributed by atoms with van der Waals surface area (Å²) in [5, 5.41) is 11.2. The lowest BCUT2D eigenvalue weighted by molar-refractivity contribution is -0.137. The van der Waals surface area contributed by atoms with E-state index in [4.69, 9.17) is 10.8 Å². The van der Waals surface area contributed by atoms with Crippen LogP contribution < -0.4 is 11.1 Å². The van der Waals surface area contributed by atoms with E-state index in [1.807, 2.05) is 12.1 Å². The van der Waals surface area contributed by atoms with Gasteiger partial charge in [0.1, 0.15) is 0 Å². The molecule has 0 unspecified atom stereocenters. The number of amides is 1. The lowest BCUT2D eigenvalue weighted by Gasteiger charge is -2.05. The molecule has 0 radical (unpaired) electrons. The van der Waals surface area contributed by atoms with Crippen LogP contribution in [0.2, 0.25) is 0 Å². The van der Waals surface area contributed by atoms with Crippen LogP contribution in [-0.4, -0.2) is 30.1 Å². The third-order valence-corrected chi connectivity index (χ3v) is 2.75. The van der Waals surface area contributed by atoms with E-state index in [9.17, 15) is 9.59 Å². The molecule has 1 rings (SSSR count). The second-order valence-corrected chi connectivity index (χ2v) is 4.34. The van der Waals surface area contributed by atoms with Gasteiger partial charge in [-0.2, -0.15) is 0 Å². The number of hydrogen-bond donors (Lipinski definition) is 3. The molecule has 0 saturated carbocycles. The van der Waals surface area contributed by atoms with Crippen molar-refractivity contribution in [3.63, 3.8) is 0 Å². The fourth-order valence-electron chi connectivity index (χ4n) is 1.69. The minimum Gasteiger partial charge on any atom is -0.481 e. The number of aliphatic carboxylic acids is 1. The molecule has 5 nitrogen and oxygen atoms in total. The Balaban J connectivity index is 2.30. The van der Waals surface area contributed by atoms with Crippen molar-refractivity contribution in [1.82, 2.24) is 5.32 Å². The van der Waals surface area contributed by atoms with E-state index in [-0.39, 0.29) is 12.3 Å². The Morgan fingerprint density at radius 1 is 1.16 bits per heavy atom. The lowest BCUT2D eigenvalue weighted by Crippen LogP contribution is -2.24. The van der Waals surface area contributed by atoms with Gasteiger partial charge >= 0.3 is 5.97 Å². The average molecular weight is 264 g/mol. The fourth-order valence-corrected chi connectivity index (χ4v) is 1.69. The standard InChI is InChI=1S/C14H20N2O3/c15-9-8-11-4-6-12(7-5-11)14(19)16-10-2-1-3-13(17)18/h4-7H,1-3,8-10,15H2,(H,16,19)(H,17,18). The van der Waals surface area contributed by atoms with Crippen molar-refractivity contribution in [2.45, 2.75) is 25.7 Å². The van der Waals surface area contributed by atoms with Gasteiger partial charge in [-0.25, -0.2) is 0 Å². The predicted octanol–water partition coefficient (Wildman–Crippen LogP) is 1.17. The summed E-state index contributed by atoms with van der Waals surface area (Å²) in [4.78, 5) is 22.1. The second-order valence-electron chi connectivity index (χ2n) is 4.34. The van der Waals surface area contributed by atoms with Crippen LogP contribution in [0.4, 0.5) is 0 Å². The Hall–Kier alpha value is -1.88. The zero-order valence-electron chi connectivity index (χ0n) is 10.9. The van der Waals surface area contributed by atoms with Crippen molar-refractivity contribution in [1.29, 1.82) is 0 Å². The maximum Gasteiger partial charge on any atom is 0.303 e. The van der Waals surface area contributed by atoms with E-state index < -0.39 is 5.97 Å². The number of hydrogen-bond acceptors (Lipinski definition) is 3. The van der Waals surface area contributed by atoms with Crippen molar-refractivity contribution in [3.05, 3.63) is 35.4 Å². The van der Waals surface area contributed by atoms with Crippen LogP contribution in [0.15, 0.2) is 24.3 Å². The minimum absolute atomic E-state index is 0.130. The summed E-state index contributed by atoms with van der Waals surface area (Å²) in [6, 6.07) is 7.34. The van der Waals surface area contributed by atoms with Crippen molar-refractivity contribution < 1.29 is 14.7 Å². The third kappa shape index (κ3) is 6.01. The molecule has 0 spiro atoms. The quantitative estimate of drug-likeness (QED) is 0.615. The number of benzene rings is 1. The third-order valence-electron chi connectivity index (χ3n) is 2.75. The molecular weight excluding hydrogens is 244 g/mol. The van der Waals surface area contributed by atoms with Crippen molar-refractivity contribution in [2.75, 3.05) is 13.1 Å². The van der Waals surface area contributed by atoms with Crippen LogP contribution in [0.25, 0.3) is 0 Å². The van der Waals surface area contributed by atoms with E-state index in [2.05, 4.69) is 5.32 Å². The summed E-state index contributed by atoms with van der Waals surface area (Å²) in [6.45, 7) is 1.09.